The predicted octanol–water partition coefficient (Wildman–Crippen LogP) is 4.71. The van der Waals surface area contributed by atoms with Crippen molar-refractivity contribution in [1.82, 2.24) is 5.09 Å². The first-order chi connectivity index (χ1) is 11.2. The number of nitrogens with zero attached hydrogens (tertiary/aromatic N) is 1. The largest absolute Gasteiger partial charge is 0.375 e. The lowest BCUT2D eigenvalue weighted by atomic mass is 10.0. The van der Waals surface area contributed by atoms with Crippen molar-refractivity contribution < 1.29 is 4.74 Å². The van der Waals surface area contributed by atoms with E-state index in [0.29, 0.717) is 0 Å². The molecule has 4 heteroatoms. The van der Waals surface area contributed by atoms with Crippen molar-refractivity contribution >= 4 is 24.7 Å². The fourth-order valence-corrected chi connectivity index (χ4v) is 3.67. The number of hydrogen-bond acceptors (Lipinski definition) is 3. The van der Waals surface area contributed by atoms with Gasteiger partial charge in [0.2, 0.25) is 0 Å². The van der Waals surface area contributed by atoms with E-state index in [1.54, 1.807) is 7.11 Å². The van der Waals surface area contributed by atoms with Crippen molar-refractivity contribution in [3.63, 3.8) is 0 Å². The topological polar surface area (TPSA) is 33.6 Å². The second kappa shape index (κ2) is 6.01. The van der Waals surface area contributed by atoms with Gasteiger partial charge in [0.25, 0.3) is 0 Å². The minimum atomic E-state index is -1.70. The lowest BCUT2D eigenvalue weighted by molar-refractivity contribution is 0.160. The van der Waals surface area contributed by atoms with E-state index in [9.17, 15) is 0 Å². The molecule has 0 unspecified atom stereocenters. The molecule has 0 saturated heterocycles. The SMILES string of the molecule is CO[C@@H]1Cc2ccc3ccccc3c2/C1=N/N[Si](C)(C)C(C)(C)C. The molecular weight excluding hydrogens is 312 g/mol. The molecule has 0 heterocycles. The highest BCUT2D eigenvalue weighted by Crippen LogP contribution is 2.35. The Morgan fingerprint density at radius 1 is 1.12 bits per heavy atom. The molecule has 3 rings (SSSR count). The summed E-state index contributed by atoms with van der Waals surface area (Å²) in [5.41, 5.74) is 3.64. The van der Waals surface area contributed by atoms with Crippen molar-refractivity contribution in [2.24, 2.45) is 5.10 Å². The van der Waals surface area contributed by atoms with Gasteiger partial charge >= 0.3 is 0 Å². The number of benzene rings is 2. The summed E-state index contributed by atoms with van der Waals surface area (Å²) >= 11 is 0. The molecule has 128 valence electrons. The molecule has 3 nitrogen and oxygen atoms in total. The highest BCUT2D eigenvalue weighted by Gasteiger charge is 2.37. The molecule has 0 bridgehead atoms. The van der Waals surface area contributed by atoms with E-state index in [-0.39, 0.29) is 11.1 Å². The second-order valence-corrected chi connectivity index (χ2v) is 13.2. The number of ether oxygens (including phenoxy) is 1. The molecule has 0 saturated carbocycles. The first-order valence-corrected chi connectivity index (χ1v) is 11.6. The van der Waals surface area contributed by atoms with Gasteiger partial charge in [-0.05, 0) is 34.5 Å². The third-order valence-electron chi connectivity index (χ3n) is 5.60. The first kappa shape index (κ1) is 17.2. The van der Waals surface area contributed by atoms with E-state index in [1.807, 2.05) is 0 Å². The maximum atomic E-state index is 5.75. The Kier molecular flexibility index (Phi) is 4.30. The molecule has 2 aromatic rings. The van der Waals surface area contributed by atoms with E-state index in [2.05, 4.69) is 75.4 Å². The molecule has 1 aliphatic rings. The predicted molar refractivity (Wildman–Crippen MR) is 105 cm³/mol. The summed E-state index contributed by atoms with van der Waals surface area (Å²) < 4.78 is 5.75. The van der Waals surface area contributed by atoms with Gasteiger partial charge in [0.05, 0.1) is 5.71 Å². The van der Waals surface area contributed by atoms with E-state index >= 15 is 0 Å². The van der Waals surface area contributed by atoms with Gasteiger partial charge in [-0.2, -0.15) is 5.10 Å². The Hall–Kier alpha value is -1.65. The van der Waals surface area contributed by atoms with Crippen LogP contribution in [-0.2, 0) is 11.2 Å². The number of nitrogens with one attached hydrogen (secondary N) is 1. The maximum Gasteiger partial charge on any atom is 0.173 e. The van der Waals surface area contributed by atoms with Crippen molar-refractivity contribution in [3.8, 4) is 0 Å². The highest BCUT2D eigenvalue weighted by molar-refractivity contribution is 6.77. The Morgan fingerprint density at radius 2 is 1.83 bits per heavy atom. The Labute approximate surface area is 146 Å². The average molecular weight is 341 g/mol. The minimum absolute atomic E-state index is 0.0306. The monoisotopic (exact) mass is 340 g/mol. The normalized spacial score (nSPS) is 19.8. The molecule has 0 spiro atoms. The highest BCUT2D eigenvalue weighted by atomic mass is 28.3. The molecule has 24 heavy (non-hydrogen) atoms. The summed E-state index contributed by atoms with van der Waals surface area (Å²) in [4.78, 5) is 0. The molecule has 0 amide bonds. The molecule has 1 N–H and O–H groups in total. The van der Waals surface area contributed by atoms with Crippen LogP contribution in [0.25, 0.3) is 10.8 Å². The molecule has 1 aliphatic carbocycles. The van der Waals surface area contributed by atoms with E-state index < -0.39 is 8.24 Å². The molecule has 0 radical (unpaired) electrons. The fourth-order valence-electron chi connectivity index (χ4n) is 2.94. The summed E-state index contributed by atoms with van der Waals surface area (Å²) in [6.07, 6.45) is 0.928. The lowest BCUT2D eigenvalue weighted by Gasteiger charge is -2.36. The van der Waals surface area contributed by atoms with Crippen molar-refractivity contribution in [2.45, 2.75) is 51.4 Å². The van der Waals surface area contributed by atoms with Gasteiger partial charge in [-0.25, -0.2) is 0 Å². The average Bonchev–Trinajstić information content (AvgIpc) is 2.90. The van der Waals surface area contributed by atoms with E-state index in [1.165, 1.54) is 21.9 Å². The van der Waals surface area contributed by atoms with Crippen LogP contribution in [0.15, 0.2) is 41.5 Å². The van der Waals surface area contributed by atoms with Gasteiger partial charge < -0.3 is 9.83 Å². The molecule has 2 aromatic carbocycles. The van der Waals surface area contributed by atoms with Crippen LogP contribution in [0, 0.1) is 0 Å². The number of fused-ring (bicyclic) bond motifs is 3. The lowest BCUT2D eigenvalue weighted by Crippen LogP contribution is -2.50. The smallest absolute Gasteiger partial charge is 0.173 e. The summed E-state index contributed by atoms with van der Waals surface area (Å²) in [5.74, 6) is 0. The number of rotatable bonds is 3. The zero-order valence-electron chi connectivity index (χ0n) is 15.6. The zero-order chi connectivity index (χ0) is 17.5. The molecule has 0 aliphatic heterocycles. The summed E-state index contributed by atoms with van der Waals surface area (Å²) in [5, 5.41) is 11.2. The second-order valence-electron chi connectivity index (χ2n) is 8.23. The van der Waals surface area contributed by atoms with E-state index in [0.717, 1.165) is 12.1 Å². The first-order valence-electron chi connectivity index (χ1n) is 8.63. The van der Waals surface area contributed by atoms with E-state index in [4.69, 9.17) is 9.84 Å². The third-order valence-corrected chi connectivity index (χ3v) is 10.0. The van der Waals surface area contributed by atoms with Crippen molar-refractivity contribution in [3.05, 3.63) is 47.5 Å². The van der Waals surface area contributed by atoms with Gasteiger partial charge in [0.1, 0.15) is 6.10 Å². The van der Waals surface area contributed by atoms with Gasteiger partial charge in [-0.3, -0.25) is 0 Å². The summed E-state index contributed by atoms with van der Waals surface area (Å²) in [6, 6.07) is 13.0. The van der Waals surface area contributed by atoms with Crippen LogP contribution in [0.2, 0.25) is 18.1 Å². The number of hydrazone groups is 1. The van der Waals surface area contributed by atoms with Crippen LogP contribution in [0.5, 0.6) is 0 Å². The van der Waals surface area contributed by atoms with Crippen LogP contribution < -0.4 is 5.09 Å². The quantitative estimate of drug-likeness (QED) is 0.648. The Bertz CT molecular complexity index is 790. The number of hydrogen-bond donors (Lipinski definition) is 1. The Morgan fingerprint density at radius 3 is 2.50 bits per heavy atom. The molecule has 0 fully saturated rings. The maximum absolute atomic E-state index is 5.75. The third kappa shape index (κ3) is 2.89. The number of methoxy groups -OCH3 is 1. The molecule has 0 aromatic heterocycles. The van der Waals surface area contributed by atoms with Gasteiger partial charge in [0.15, 0.2) is 8.24 Å². The minimum Gasteiger partial charge on any atom is -0.375 e. The van der Waals surface area contributed by atoms with Crippen molar-refractivity contribution in [1.29, 1.82) is 0 Å². The van der Waals surface area contributed by atoms with Crippen LogP contribution >= 0.6 is 0 Å². The summed E-state index contributed by atoms with van der Waals surface area (Å²) in [6.45, 7) is 11.5. The fraction of sp³-hybridized carbons (Fsp3) is 0.450. The van der Waals surface area contributed by atoms with Crippen molar-refractivity contribution in [2.75, 3.05) is 7.11 Å². The van der Waals surface area contributed by atoms with Crippen LogP contribution in [0.4, 0.5) is 0 Å². The van der Waals surface area contributed by atoms with Gasteiger partial charge in [-0.1, -0.05) is 57.2 Å². The van der Waals surface area contributed by atoms with Crippen LogP contribution in [0.3, 0.4) is 0 Å². The standard InChI is InChI=1S/C20H28N2OSi/c1-20(2,3)24(5,6)22-21-19-17(23-4)13-15-12-11-14-9-7-8-10-16(14)18(15)19/h7-12,17,22H,13H2,1-6H3/b21-19+/t17-/m1/s1. The molecular formula is C20H28N2OSi. The summed E-state index contributed by atoms with van der Waals surface area (Å²) in [7, 11) is 0.0818. The van der Waals surface area contributed by atoms with Crippen LogP contribution in [0.1, 0.15) is 31.9 Å². The molecule has 1 atom stereocenters. The van der Waals surface area contributed by atoms with Crippen LogP contribution in [-0.4, -0.2) is 27.2 Å². The van der Waals surface area contributed by atoms with Gasteiger partial charge in [0, 0.05) is 19.1 Å². The zero-order valence-corrected chi connectivity index (χ0v) is 16.6. The Balaban J connectivity index is 2.08. The van der Waals surface area contributed by atoms with Gasteiger partial charge in [-0.15, -0.1) is 0 Å².